The van der Waals surface area contributed by atoms with E-state index in [1.165, 1.54) is 5.56 Å². The number of fused-ring (bicyclic) bond motifs is 1. The number of benzene rings is 3. The first-order valence-electron chi connectivity index (χ1n) is 10.2. The third-order valence-corrected chi connectivity index (χ3v) is 5.25. The minimum atomic E-state index is 0.0419. The molecule has 0 radical (unpaired) electrons. The van der Waals surface area contributed by atoms with Crippen LogP contribution in [0.1, 0.15) is 18.9 Å². The van der Waals surface area contributed by atoms with Crippen molar-refractivity contribution in [1.29, 1.82) is 0 Å². The molecule has 0 aliphatic heterocycles. The Labute approximate surface area is 176 Å². The number of nitrogens with zero attached hydrogens (tertiary/aromatic N) is 2. The SMILES string of the molecule is CC[C@@H](N)CNc1nc(-c2cc(-c3cccc(C)c3)ccc2O)nc2ccccc12. The van der Waals surface area contributed by atoms with Crippen LogP contribution in [0.2, 0.25) is 0 Å². The van der Waals surface area contributed by atoms with Crippen molar-refractivity contribution in [2.75, 3.05) is 11.9 Å². The summed E-state index contributed by atoms with van der Waals surface area (Å²) in [5.74, 6) is 1.35. The largest absolute Gasteiger partial charge is 0.507 e. The number of anilines is 1. The van der Waals surface area contributed by atoms with Crippen molar-refractivity contribution in [1.82, 2.24) is 9.97 Å². The van der Waals surface area contributed by atoms with E-state index in [4.69, 9.17) is 15.7 Å². The Kier molecular flexibility index (Phi) is 5.63. The van der Waals surface area contributed by atoms with Crippen LogP contribution >= 0.6 is 0 Å². The third-order valence-electron chi connectivity index (χ3n) is 5.25. The lowest BCUT2D eigenvalue weighted by Crippen LogP contribution is -2.28. The highest BCUT2D eigenvalue weighted by molar-refractivity contribution is 5.91. The smallest absolute Gasteiger partial charge is 0.165 e. The van der Waals surface area contributed by atoms with Gasteiger partial charge in [-0.25, -0.2) is 9.97 Å². The lowest BCUT2D eigenvalue weighted by molar-refractivity contribution is 0.477. The fraction of sp³-hybridized carbons (Fsp3) is 0.200. The van der Waals surface area contributed by atoms with Gasteiger partial charge in [0.1, 0.15) is 11.6 Å². The van der Waals surface area contributed by atoms with Crippen LogP contribution in [0.4, 0.5) is 5.82 Å². The molecule has 0 fully saturated rings. The number of hydrogen-bond donors (Lipinski definition) is 3. The predicted octanol–water partition coefficient (Wildman–Crippen LogP) is 5.13. The Morgan fingerprint density at radius 1 is 0.967 bits per heavy atom. The van der Waals surface area contributed by atoms with E-state index in [-0.39, 0.29) is 11.8 Å². The molecular weight excluding hydrogens is 372 g/mol. The van der Waals surface area contributed by atoms with Gasteiger partial charge in [0.2, 0.25) is 0 Å². The predicted molar refractivity (Wildman–Crippen MR) is 124 cm³/mol. The molecule has 1 aromatic heterocycles. The first-order valence-corrected chi connectivity index (χ1v) is 10.2. The molecule has 1 heterocycles. The number of para-hydroxylation sites is 1. The maximum Gasteiger partial charge on any atom is 0.165 e. The molecule has 0 saturated carbocycles. The number of phenols is 1. The normalized spacial score (nSPS) is 12.1. The highest BCUT2D eigenvalue weighted by Gasteiger charge is 2.14. The highest BCUT2D eigenvalue weighted by Crippen LogP contribution is 2.34. The number of hydrogen-bond acceptors (Lipinski definition) is 5. The summed E-state index contributed by atoms with van der Waals surface area (Å²) in [5.41, 5.74) is 10.8. The summed E-state index contributed by atoms with van der Waals surface area (Å²) in [5, 5.41) is 14.9. The molecule has 4 rings (SSSR count). The van der Waals surface area contributed by atoms with Crippen molar-refractivity contribution in [3.63, 3.8) is 0 Å². The Balaban J connectivity index is 1.82. The van der Waals surface area contributed by atoms with Gasteiger partial charge in [0, 0.05) is 18.0 Å². The van der Waals surface area contributed by atoms with E-state index in [9.17, 15) is 5.11 Å². The second kappa shape index (κ2) is 8.51. The Morgan fingerprint density at radius 3 is 2.57 bits per heavy atom. The number of phenolic OH excluding ortho intramolecular Hbond substituents is 1. The summed E-state index contributed by atoms with van der Waals surface area (Å²) in [6.45, 7) is 4.74. The monoisotopic (exact) mass is 398 g/mol. The number of aromatic hydroxyl groups is 1. The molecule has 0 amide bonds. The van der Waals surface area contributed by atoms with Gasteiger partial charge < -0.3 is 16.2 Å². The van der Waals surface area contributed by atoms with Crippen LogP contribution < -0.4 is 11.1 Å². The van der Waals surface area contributed by atoms with Gasteiger partial charge in [-0.15, -0.1) is 0 Å². The van der Waals surface area contributed by atoms with Gasteiger partial charge in [0.15, 0.2) is 5.82 Å². The van der Waals surface area contributed by atoms with Gasteiger partial charge in [-0.3, -0.25) is 0 Å². The molecule has 30 heavy (non-hydrogen) atoms. The molecule has 0 spiro atoms. The molecular formula is C25H26N4O. The van der Waals surface area contributed by atoms with Crippen LogP contribution in [-0.4, -0.2) is 27.7 Å². The lowest BCUT2D eigenvalue weighted by atomic mass is 10.0. The molecule has 5 heteroatoms. The Bertz CT molecular complexity index is 1190. The van der Waals surface area contributed by atoms with Gasteiger partial charge in [-0.1, -0.05) is 55.0 Å². The van der Waals surface area contributed by atoms with E-state index in [0.717, 1.165) is 34.3 Å². The zero-order valence-electron chi connectivity index (χ0n) is 17.3. The summed E-state index contributed by atoms with van der Waals surface area (Å²) in [4.78, 5) is 9.48. The number of nitrogens with two attached hydrogens (primary N) is 1. The summed E-state index contributed by atoms with van der Waals surface area (Å²) in [7, 11) is 0. The van der Waals surface area contributed by atoms with Crippen molar-refractivity contribution in [2.24, 2.45) is 5.73 Å². The third kappa shape index (κ3) is 4.11. The molecule has 4 N–H and O–H groups in total. The van der Waals surface area contributed by atoms with E-state index < -0.39 is 0 Å². The molecule has 0 saturated heterocycles. The van der Waals surface area contributed by atoms with E-state index in [1.54, 1.807) is 6.07 Å². The number of nitrogens with one attached hydrogen (secondary N) is 1. The van der Waals surface area contributed by atoms with Gasteiger partial charge in [-0.05, 0) is 48.7 Å². The second-order valence-electron chi connectivity index (χ2n) is 7.56. The lowest BCUT2D eigenvalue weighted by Gasteiger charge is -2.15. The van der Waals surface area contributed by atoms with E-state index in [2.05, 4.69) is 37.4 Å². The molecule has 1 atom stereocenters. The molecule has 3 aromatic carbocycles. The molecule has 0 bridgehead atoms. The molecule has 0 aliphatic carbocycles. The van der Waals surface area contributed by atoms with Crippen molar-refractivity contribution in [2.45, 2.75) is 26.3 Å². The van der Waals surface area contributed by atoms with E-state index in [0.29, 0.717) is 17.9 Å². The van der Waals surface area contributed by atoms with Gasteiger partial charge in [-0.2, -0.15) is 0 Å². The second-order valence-corrected chi connectivity index (χ2v) is 7.56. The molecule has 0 unspecified atom stereocenters. The van der Waals surface area contributed by atoms with Crippen LogP contribution in [0.5, 0.6) is 5.75 Å². The number of rotatable bonds is 6. The summed E-state index contributed by atoms with van der Waals surface area (Å²) in [6.07, 6.45) is 0.877. The summed E-state index contributed by atoms with van der Waals surface area (Å²) < 4.78 is 0. The number of aryl methyl sites for hydroxylation is 1. The first-order chi connectivity index (χ1) is 14.5. The molecule has 152 valence electrons. The zero-order chi connectivity index (χ0) is 21.1. The van der Waals surface area contributed by atoms with Gasteiger partial charge >= 0.3 is 0 Å². The zero-order valence-corrected chi connectivity index (χ0v) is 17.3. The minimum Gasteiger partial charge on any atom is -0.507 e. The summed E-state index contributed by atoms with van der Waals surface area (Å²) in [6, 6.07) is 21.7. The van der Waals surface area contributed by atoms with Gasteiger partial charge in [0.05, 0.1) is 11.1 Å². The quantitative estimate of drug-likeness (QED) is 0.419. The van der Waals surface area contributed by atoms with Gasteiger partial charge in [0.25, 0.3) is 0 Å². The van der Waals surface area contributed by atoms with Crippen molar-refractivity contribution < 1.29 is 5.11 Å². The average molecular weight is 399 g/mol. The molecule has 0 aliphatic rings. The van der Waals surface area contributed by atoms with Crippen molar-refractivity contribution >= 4 is 16.7 Å². The van der Waals surface area contributed by atoms with Crippen molar-refractivity contribution in [3.05, 3.63) is 72.3 Å². The maximum atomic E-state index is 10.6. The van der Waals surface area contributed by atoms with Crippen LogP contribution in [0.15, 0.2) is 66.7 Å². The Morgan fingerprint density at radius 2 is 1.77 bits per heavy atom. The molecule has 5 nitrogen and oxygen atoms in total. The fourth-order valence-electron chi connectivity index (χ4n) is 3.42. The number of aromatic nitrogens is 2. The van der Waals surface area contributed by atoms with Crippen LogP contribution in [0.3, 0.4) is 0 Å². The van der Waals surface area contributed by atoms with Crippen LogP contribution in [0, 0.1) is 6.92 Å². The van der Waals surface area contributed by atoms with E-state index >= 15 is 0 Å². The van der Waals surface area contributed by atoms with Crippen molar-refractivity contribution in [3.8, 4) is 28.3 Å². The average Bonchev–Trinajstić information content (AvgIpc) is 2.77. The standard InChI is InChI=1S/C25H26N4O/c1-3-19(26)15-27-24-20-9-4-5-10-22(20)28-25(29-24)21-14-18(11-12-23(21)30)17-8-6-7-16(2)13-17/h4-14,19,30H,3,15,26H2,1-2H3,(H,27,28,29)/t19-/m1/s1. The first kappa shape index (κ1) is 19.9. The molecule has 4 aromatic rings. The Hall–Kier alpha value is -3.44. The topological polar surface area (TPSA) is 84.1 Å². The van der Waals surface area contributed by atoms with Crippen LogP contribution in [-0.2, 0) is 0 Å². The maximum absolute atomic E-state index is 10.6. The highest BCUT2D eigenvalue weighted by atomic mass is 16.3. The minimum absolute atomic E-state index is 0.0419. The summed E-state index contributed by atoms with van der Waals surface area (Å²) >= 11 is 0. The van der Waals surface area contributed by atoms with Crippen LogP contribution in [0.25, 0.3) is 33.4 Å². The van der Waals surface area contributed by atoms with E-state index in [1.807, 2.05) is 42.5 Å². The fourth-order valence-corrected chi connectivity index (χ4v) is 3.42.